The number of carbonyl (C=O) groups excluding carboxylic acids is 1. The highest BCUT2D eigenvalue weighted by Gasteiger charge is 2.15. The number of hydrogen-bond donors (Lipinski definition) is 0. The van der Waals surface area contributed by atoms with Crippen LogP contribution < -0.4 is 0 Å². The van der Waals surface area contributed by atoms with Gasteiger partial charge >= 0.3 is 0 Å². The number of benzene rings is 1. The Hall–Kier alpha value is -1.52. The lowest BCUT2D eigenvalue weighted by atomic mass is 10.2. The van der Waals surface area contributed by atoms with Crippen LogP contribution in [0.15, 0.2) is 28.1 Å². The Morgan fingerprint density at radius 2 is 2.13 bits per heavy atom. The van der Waals surface area contributed by atoms with Gasteiger partial charge in [-0.1, -0.05) is 6.07 Å². The molecule has 0 aliphatic heterocycles. The molecule has 0 unspecified atom stereocenters. The molecule has 0 bridgehead atoms. The van der Waals surface area contributed by atoms with Gasteiger partial charge in [0, 0.05) is 11.8 Å². The van der Waals surface area contributed by atoms with Crippen molar-refractivity contribution >= 4 is 15.9 Å². The minimum atomic E-state index is -3.52. The molecule has 80 valence electrons. The zero-order valence-corrected chi connectivity index (χ0v) is 8.71. The summed E-state index contributed by atoms with van der Waals surface area (Å²) in [5, 5.41) is 0. The van der Waals surface area contributed by atoms with E-state index in [0.29, 0.717) is 0 Å². The fourth-order valence-electron chi connectivity index (χ4n) is 1.15. The highest BCUT2D eigenvalue weighted by molar-refractivity contribution is 7.90. The van der Waals surface area contributed by atoms with Gasteiger partial charge in [-0.05, 0) is 12.1 Å². The maximum Gasteiger partial charge on any atom is 0.235 e. The molecule has 0 saturated heterocycles. The SMILES string of the molecule is CS(=O)(=O)c1cccc(F)c1CN=C=O. The average Bonchev–Trinajstić information content (AvgIpc) is 2.14. The van der Waals surface area contributed by atoms with Gasteiger partial charge in [0.1, 0.15) is 5.82 Å². The molecule has 0 N–H and O–H groups in total. The summed E-state index contributed by atoms with van der Waals surface area (Å²) >= 11 is 0. The van der Waals surface area contributed by atoms with E-state index >= 15 is 0 Å². The topological polar surface area (TPSA) is 63.6 Å². The average molecular weight is 229 g/mol. The van der Waals surface area contributed by atoms with E-state index in [0.717, 1.165) is 12.3 Å². The lowest BCUT2D eigenvalue weighted by Crippen LogP contribution is -2.04. The molecule has 0 atom stereocenters. The molecule has 1 aromatic carbocycles. The molecule has 0 fully saturated rings. The number of hydrogen-bond acceptors (Lipinski definition) is 4. The van der Waals surface area contributed by atoms with E-state index in [4.69, 9.17) is 0 Å². The summed E-state index contributed by atoms with van der Waals surface area (Å²) in [7, 11) is -3.52. The Morgan fingerprint density at radius 3 is 2.67 bits per heavy atom. The predicted octanol–water partition coefficient (Wildman–Crippen LogP) is 1.07. The number of isocyanates is 1. The highest BCUT2D eigenvalue weighted by atomic mass is 32.2. The van der Waals surface area contributed by atoms with E-state index in [1.54, 1.807) is 0 Å². The van der Waals surface area contributed by atoms with Crippen molar-refractivity contribution in [3.8, 4) is 0 Å². The Bertz CT molecular complexity index is 518. The summed E-state index contributed by atoms with van der Waals surface area (Å²) in [5.41, 5.74) is -0.108. The Balaban J connectivity index is 3.39. The third kappa shape index (κ3) is 2.71. The maximum atomic E-state index is 13.2. The smallest absolute Gasteiger partial charge is 0.224 e. The molecule has 0 aliphatic carbocycles. The van der Waals surface area contributed by atoms with E-state index in [9.17, 15) is 17.6 Å². The zero-order chi connectivity index (χ0) is 11.5. The largest absolute Gasteiger partial charge is 0.235 e. The molecule has 6 heteroatoms. The molecule has 0 aromatic heterocycles. The first kappa shape index (κ1) is 11.6. The van der Waals surface area contributed by atoms with Crippen LogP contribution in [-0.4, -0.2) is 20.8 Å². The molecule has 0 saturated carbocycles. The van der Waals surface area contributed by atoms with Gasteiger partial charge in [-0.3, -0.25) is 0 Å². The van der Waals surface area contributed by atoms with Crippen molar-refractivity contribution in [3.63, 3.8) is 0 Å². The molecular weight excluding hydrogens is 221 g/mol. The fraction of sp³-hybridized carbons (Fsp3) is 0.222. The fourth-order valence-corrected chi connectivity index (χ4v) is 2.09. The first-order valence-electron chi connectivity index (χ1n) is 3.98. The van der Waals surface area contributed by atoms with Crippen molar-refractivity contribution in [3.05, 3.63) is 29.6 Å². The molecule has 4 nitrogen and oxygen atoms in total. The van der Waals surface area contributed by atoms with Gasteiger partial charge in [0.25, 0.3) is 0 Å². The van der Waals surface area contributed by atoms with Crippen LogP contribution in [0.2, 0.25) is 0 Å². The van der Waals surface area contributed by atoms with Crippen molar-refractivity contribution in [1.29, 1.82) is 0 Å². The van der Waals surface area contributed by atoms with Gasteiger partial charge in [0.15, 0.2) is 9.84 Å². The van der Waals surface area contributed by atoms with E-state index in [2.05, 4.69) is 4.99 Å². The summed E-state index contributed by atoms with van der Waals surface area (Å²) in [4.78, 5) is 12.9. The van der Waals surface area contributed by atoms with Crippen LogP contribution in [-0.2, 0) is 21.2 Å². The van der Waals surface area contributed by atoms with Crippen molar-refractivity contribution in [1.82, 2.24) is 0 Å². The van der Waals surface area contributed by atoms with Crippen molar-refractivity contribution in [2.24, 2.45) is 4.99 Å². The molecule has 15 heavy (non-hydrogen) atoms. The summed E-state index contributed by atoms with van der Waals surface area (Å²) < 4.78 is 35.8. The third-order valence-electron chi connectivity index (χ3n) is 1.78. The minimum absolute atomic E-state index is 0.108. The Labute approximate surface area is 86.4 Å². The molecule has 0 radical (unpaired) electrons. The second kappa shape index (κ2) is 4.33. The first-order valence-corrected chi connectivity index (χ1v) is 5.87. The van der Waals surface area contributed by atoms with Crippen LogP contribution in [0.5, 0.6) is 0 Å². The molecule has 1 aromatic rings. The van der Waals surface area contributed by atoms with Crippen molar-refractivity contribution in [2.45, 2.75) is 11.4 Å². The summed E-state index contributed by atoms with van der Waals surface area (Å²) in [6.07, 6.45) is 2.20. The summed E-state index contributed by atoms with van der Waals surface area (Å²) in [5.74, 6) is -0.697. The van der Waals surface area contributed by atoms with Gasteiger partial charge in [-0.15, -0.1) is 0 Å². The van der Waals surface area contributed by atoms with Crippen LogP contribution in [0.4, 0.5) is 4.39 Å². The second-order valence-corrected chi connectivity index (χ2v) is 4.88. The monoisotopic (exact) mass is 229 g/mol. The van der Waals surface area contributed by atoms with Crippen LogP contribution in [0.1, 0.15) is 5.56 Å². The summed E-state index contributed by atoms with van der Waals surface area (Å²) in [6, 6.07) is 3.68. The van der Waals surface area contributed by atoms with E-state index in [1.165, 1.54) is 18.2 Å². The number of halogens is 1. The highest BCUT2D eigenvalue weighted by Crippen LogP contribution is 2.19. The normalized spacial score (nSPS) is 10.8. The van der Waals surface area contributed by atoms with E-state index in [-0.39, 0.29) is 17.0 Å². The standard InChI is InChI=1S/C9H8FNO3S/c1-15(13,14)9-4-2-3-8(10)7(9)5-11-6-12/h2-4H,5H2,1H3. The molecule has 1 rings (SSSR count). The lowest BCUT2D eigenvalue weighted by Gasteiger charge is -2.05. The van der Waals surface area contributed by atoms with Crippen LogP contribution in [0.3, 0.4) is 0 Å². The van der Waals surface area contributed by atoms with Gasteiger partial charge in [0.2, 0.25) is 6.08 Å². The first-order chi connectivity index (χ1) is 6.96. The molecule has 0 aliphatic rings. The maximum absolute atomic E-state index is 13.2. The van der Waals surface area contributed by atoms with E-state index < -0.39 is 15.7 Å². The van der Waals surface area contributed by atoms with Crippen molar-refractivity contribution in [2.75, 3.05) is 6.26 Å². The number of aliphatic imine (C=N–C) groups is 1. The van der Waals surface area contributed by atoms with E-state index in [1.807, 2.05) is 0 Å². The molecular formula is C9H8FNO3S. The van der Waals surface area contributed by atoms with Gasteiger partial charge in [0.05, 0.1) is 11.4 Å². The van der Waals surface area contributed by atoms with Crippen molar-refractivity contribution < 1.29 is 17.6 Å². The zero-order valence-electron chi connectivity index (χ0n) is 7.90. The van der Waals surface area contributed by atoms with Gasteiger partial charge in [-0.25, -0.2) is 22.6 Å². The number of nitrogens with zero attached hydrogens (tertiary/aromatic N) is 1. The van der Waals surface area contributed by atoms with Crippen LogP contribution >= 0.6 is 0 Å². The molecule has 0 heterocycles. The predicted molar refractivity (Wildman–Crippen MR) is 51.3 cm³/mol. The quantitative estimate of drug-likeness (QED) is 0.575. The van der Waals surface area contributed by atoms with Crippen LogP contribution in [0, 0.1) is 5.82 Å². The minimum Gasteiger partial charge on any atom is -0.224 e. The Kier molecular flexibility index (Phi) is 3.34. The van der Waals surface area contributed by atoms with Gasteiger partial charge in [-0.2, -0.15) is 0 Å². The molecule has 0 amide bonds. The lowest BCUT2D eigenvalue weighted by molar-refractivity contribution is 0.560. The second-order valence-electron chi connectivity index (χ2n) is 2.90. The van der Waals surface area contributed by atoms with Crippen LogP contribution in [0.25, 0.3) is 0 Å². The summed E-state index contributed by atoms with van der Waals surface area (Å²) in [6.45, 7) is -0.321. The Morgan fingerprint density at radius 1 is 1.47 bits per heavy atom. The number of rotatable bonds is 3. The molecule has 0 spiro atoms. The third-order valence-corrected chi connectivity index (χ3v) is 2.96. The number of sulfone groups is 1. The van der Waals surface area contributed by atoms with Gasteiger partial charge < -0.3 is 0 Å².